The topological polar surface area (TPSA) is 37.4 Å². The Hall–Kier alpha value is -2.03. The molecule has 0 spiro atoms. The van der Waals surface area contributed by atoms with Crippen LogP contribution in [0, 0.1) is 0 Å². The van der Waals surface area contributed by atoms with Crippen LogP contribution in [-0.4, -0.2) is 10.7 Å². The fraction of sp³-hybridized carbons (Fsp3) is 0.154. The van der Waals surface area contributed by atoms with Crippen LogP contribution in [0.25, 0.3) is 0 Å². The van der Waals surface area contributed by atoms with Crippen molar-refractivity contribution in [3.05, 3.63) is 59.9 Å². The molecule has 1 aromatic heterocycles. The summed E-state index contributed by atoms with van der Waals surface area (Å²) in [6.07, 6.45) is 1.87. The zero-order valence-electron chi connectivity index (χ0n) is 9.18. The van der Waals surface area contributed by atoms with Crippen LogP contribution >= 0.6 is 0 Å². The maximum atomic E-state index is 5.27. The van der Waals surface area contributed by atoms with Gasteiger partial charge in [-0.1, -0.05) is 35.5 Å². The summed E-state index contributed by atoms with van der Waals surface area (Å²) in [6.45, 7) is 2.41. The fourth-order valence-electron chi connectivity index (χ4n) is 1.38. The molecule has 0 amide bonds. The third-order valence-electron chi connectivity index (χ3n) is 2.26. The Morgan fingerprint density at radius 1 is 1.19 bits per heavy atom. The van der Waals surface area contributed by atoms with Gasteiger partial charge in [-0.25, -0.2) is 0 Å². The number of nitrogens with zero attached hydrogens (tertiary/aromatic N) is 1. The summed E-state index contributed by atoms with van der Waals surface area (Å²) < 4.78 is 0. The Morgan fingerprint density at radius 2 is 2.00 bits per heavy atom. The molecule has 0 unspecified atom stereocenters. The zero-order chi connectivity index (χ0) is 11.2. The average molecular weight is 214 g/mol. The maximum absolute atomic E-state index is 5.27. The average Bonchev–Trinajstić information content (AvgIpc) is 2.84. The van der Waals surface area contributed by atoms with Gasteiger partial charge in [0.2, 0.25) is 0 Å². The summed E-state index contributed by atoms with van der Waals surface area (Å²) >= 11 is 0. The minimum Gasteiger partial charge on any atom is -0.391 e. The molecule has 0 fully saturated rings. The molecule has 0 aliphatic carbocycles. The van der Waals surface area contributed by atoms with E-state index in [1.807, 2.05) is 55.6 Å². The molecule has 3 heteroatoms. The van der Waals surface area contributed by atoms with Crippen molar-refractivity contribution in [3.63, 3.8) is 0 Å². The van der Waals surface area contributed by atoms with Gasteiger partial charge in [0.15, 0.2) is 0 Å². The van der Waals surface area contributed by atoms with E-state index in [0.717, 1.165) is 17.0 Å². The highest BCUT2D eigenvalue weighted by Gasteiger charge is 1.97. The van der Waals surface area contributed by atoms with Crippen LogP contribution in [0.4, 0.5) is 0 Å². The molecular formula is C13H14N2O. The molecule has 0 bridgehead atoms. The second-order valence-electron chi connectivity index (χ2n) is 3.52. The van der Waals surface area contributed by atoms with Crippen LogP contribution in [-0.2, 0) is 11.4 Å². The number of hydrogen-bond acceptors (Lipinski definition) is 2. The van der Waals surface area contributed by atoms with Gasteiger partial charge in [0.25, 0.3) is 0 Å². The Bertz CT molecular complexity index is 446. The van der Waals surface area contributed by atoms with Gasteiger partial charge in [-0.2, -0.15) is 0 Å². The van der Waals surface area contributed by atoms with Crippen molar-refractivity contribution in [2.75, 3.05) is 0 Å². The normalized spacial score (nSPS) is 11.4. The third kappa shape index (κ3) is 2.73. The van der Waals surface area contributed by atoms with Gasteiger partial charge in [0.05, 0.1) is 5.69 Å². The van der Waals surface area contributed by atoms with Gasteiger partial charge in [-0.05, 0) is 24.6 Å². The molecule has 1 heterocycles. The molecule has 0 atom stereocenters. The van der Waals surface area contributed by atoms with Crippen molar-refractivity contribution in [1.82, 2.24) is 4.98 Å². The van der Waals surface area contributed by atoms with Crippen molar-refractivity contribution >= 4 is 5.71 Å². The van der Waals surface area contributed by atoms with E-state index in [1.165, 1.54) is 0 Å². The minimum atomic E-state index is 0.499. The molecule has 2 aromatic rings. The first-order chi connectivity index (χ1) is 7.86. The highest BCUT2D eigenvalue weighted by Crippen LogP contribution is 2.02. The van der Waals surface area contributed by atoms with E-state index in [9.17, 15) is 0 Å². The number of hydrogen-bond donors (Lipinski definition) is 1. The summed E-state index contributed by atoms with van der Waals surface area (Å²) in [7, 11) is 0. The van der Waals surface area contributed by atoms with Gasteiger partial charge in [-0.3, -0.25) is 0 Å². The highest BCUT2D eigenvalue weighted by molar-refractivity contribution is 5.96. The molecule has 0 saturated carbocycles. The van der Waals surface area contributed by atoms with E-state index in [4.69, 9.17) is 4.84 Å². The lowest BCUT2D eigenvalue weighted by molar-refractivity contribution is 0.130. The van der Waals surface area contributed by atoms with Crippen molar-refractivity contribution in [3.8, 4) is 0 Å². The molecule has 0 aliphatic heterocycles. The molecule has 0 saturated heterocycles. The number of aromatic nitrogens is 1. The van der Waals surface area contributed by atoms with Gasteiger partial charge in [-0.15, -0.1) is 0 Å². The summed E-state index contributed by atoms with van der Waals surface area (Å²) in [5.41, 5.74) is 2.94. The molecule has 1 aromatic carbocycles. The van der Waals surface area contributed by atoms with E-state index < -0.39 is 0 Å². The SMILES string of the molecule is C/C(=N\OCc1ccccc1)c1ccc[nH]1. The van der Waals surface area contributed by atoms with E-state index in [2.05, 4.69) is 10.1 Å². The van der Waals surface area contributed by atoms with Gasteiger partial charge in [0, 0.05) is 6.20 Å². The number of aromatic amines is 1. The molecule has 2 rings (SSSR count). The van der Waals surface area contributed by atoms with Gasteiger partial charge >= 0.3 is 0 Å². The Kier molecular flexibility index (Phi) is 3.38. The smallest absolute Gasteiger partial charge is 0.142 e. The van der Waals surface area contributed by atoms with Crippen molar-refractivity contribution in [2.24, 2.45) is 5.16 Å². The lowest BCUT2D eigenvalue weighted by Crippen LogP contribution is -1.96. The monoisotopic (exact) mass is 214 g/mol. The van der Waals surface area contributed by atoms with Crippen LogP contribution in [0.5, 0.6) is 0 Å². The Morgan fingerprint density at radius 3 is 2.69 bits per heavy atom. The third-order valence-corrected chi connectivity index (χ3v) is 2.26. The first-order valence-corrected chi connectivity index (χ1v) is 5.20. The first-order valence-electron chi connectivity index (χ1n) is 5.20. The highest BCUT2D eigenvalue weighted by atomic mass is 16.6. The summed E-state index contributed by atoms with van der Waals surface area (Å²) in [5, 5.41) is 4.05. The van der Waals surface area contributed by atoms with Crippen molar-refractivity contribution in [2.45, 2.75) is 13.5 Å². The Labute approximate surface area is 94.8 Å². The van der Waals surface area contributed by atoms with Crippen LogP contribution < -0.4 is 0 Å². The van der Waals surface area contributed by atoms with E-state index in [1.54, 1.807) is 0 Å². The van der Waals surface area contributed by atoms with E-state index in [0.29, 0.717) is 6.61 Å². The van der Waals surface area contributed by atoms with Crippen LogP contribution in [0.3, 0.4) is 0 Å². The molecule has 3 nitrogen and oxygen atoms in total. The maximum Gasteiger partial charge on any atom is 0.142 e. The number of rotatable bonds is 4. The minimum absolute atomic E-state index is 0.499. The number of nitrogens with one attached hydrogen (secondary N) is 1. The van der Waals surface area contributed by atoms with Gasteiger partial charge < -0.3 is 9.82 Å². The standard InChI is InChI=1S/C13H14N2O/c1-11(13-8-5-9-14-13)15-16-10-12-6-3-2-4-7-12/h2-9,14H,10H2,1H3/b15-11+. The molecule has 82 valence electrons. The van der Waals surface area contributed by atoms with Crippen molar-refractivity contribution < 1.29 is 4.84 Å². The van der Waals surface area contributed by atoms with E-state index >= 15 is 0 Å². The predicted molar refractivity (Wildman–Crippen MR) is 64.2 cm³/mol. The predicted octanol–water partition coefficient (Wildman–Crippen LogP) is 2.96. The number of oxime groups is 1. The molecule has 0 aliphatic rings. The van der Waals surface area contributed by atoms with Crippen molar-refractivity contribution in [1.29, 1.82) is 0 Å². The summed E-state index contributed by atoms with van der Waals surface area (Å²) in [5.74, 6) is 0. The second-order valence-corrected chi connectivity index (χ2v) is 3.52. The van der Waals surface area contributed by atoms with Crippen LogP contribution in [0.2, 0.25) is 0 Å². The molecule has 0 radical (unpaired) electrons. The second kappa shape index (κ2) is 5.16. The molecule has 1 N–H and O–H groups in total. The van der Waals surface area contributed by atoms with Gasteiger partial charge in [0.1, 0.15) is 12.3 Å². The Balaban J connectivity index is 1.90. The molecular weight excluding hydrogens is 200 g/mol. The fourth-order valence-corrected chi connectivity index (χ4v) is 1.38. The first kappa shape index (κ1) is 10.5. The summed E-state index contributed by atoms with van der Waals surface area (Å²) in [4.78, 5) is 8.35. The van der Waals surface area contributed by atoms with Crippen LogP contribution in [0.1, 0.15) is 18.2 Å². The number of benzene rings is 1. The quantitative estimate of drug-likeness (QED) is 0.616. The summed E-state index contributed by atoms with van der Waals surface area (Å²) in [6, 6.07) is 13.9. The lowest BCUT2D eigenvalue weighted by atomic mass is 10.2. The lowest BCUT2D eigenvalue weighted by Gasteiger charge is -2.01. The molecule has 16 heavy (non-hydrogen) atoms. The number of H-pyrrole nitrogens is 1. The van der Waals surface area contributed by atoms with E-state index in [-0.39, 0.29) is 0 Å². The zero-order valence-corrected chi connectivity index (χ0v) is 9.18. The van der Waals surface area contributed by atoms with Crippen LogP contribution in [0.15, 0.2) is 53.8 Å². The largest absolute Gasteiger partial charge is 0.391 e.